The Labute approximate surface area is 136 Å². The average molecular weight is 332 g/mol. The molecule has 8 heteroatoms. The van der Waals surface area contributed by atoms with Crippen molar-refractivity contribution in [2.75, 3.05) is 6.54 Å². The van der Waals surface area contributed by atoms with E-state index in [9.17, 15) is 13.6 Å². The molecule has 1 amide bonds. The van der Waals surface area contributed by atoms with E-state index < -0.39 is 17.5 Å². The van der Waals surface area contributed by atoms with Crippen LogP contribution in [0.1, 0.15) is 16.9 Å². The Morgan fingerprint density at radius 1 is 1.25 bits per heavy atom. The first-order valence-corrected chi connectivity index (χ1v) is 7.29. The number of amides is 1. The SMILES string of the molecule is O=C(NCCCn1ccnc1)c1cc(-c2ccc(F)c(F)c2)on1. The lowest BCUT2D eigenvalue weighted by atomic mass is 10.1. The molecular formula is C16H14F2N4O2. The lowest BCUT2D eigenvalue weighted by Crippen LogP contribution is -2.25. The Balaban J connectivity index is 1.56. The standard InChI is InChI=1S/C16H14F2N4O2/c17-12-3-2-11(8-13(12)18)15-9-14(21-24-15)16(23)20-4-1-6-22-7-5-19-10-22/h2-3,5,7-10H,1,4,6H2,(H,20,23). The van der Waals surface area contributed by atoms with Gasteiger partial charge in [-0.3, -0.25) is 4.79 Å². The molecule has 0 bridgehead atoms. The van der Waals surface area contributed by atoms with Gasteiger partial charge in [0, 0.05) is 37.1 Å². The smallest absolute Gasteiger partial charge is 0.273 e. The van der Waals surface area contributed by atoms with Crippen LogP contribution >= 0.6 is 0 Å². The molecule has 3 rings (SSSR count). The Bertz CT molecular complexity index is 830. The van der Waals surface area contributed by atoms with Gasteiger partial charge < -0.3 is 14.4 Å². The zero-order valence-electron chi connectivity index (χ0n) is 12.6. The fourth-order valence-electron chi connectivity index (χ4n) is 2.14. The first kappa shape index (κ1) is 15.9. The quantitative estimate of drug-likeness (QED) is 0.704. The summed E-state index contributed by atoms with van der Waals surface area (Å²) in [5.41, 5.74) is 0.387. The van der Waals surface area contributed by atoms with Crippen molar-refractivity contribution in [3.63, 3.8) is 0 Å². The fraction of sp³-hybridized carbons (Fsp3) is 0.188. The highest BCUT2D eigenvalue weighted by atomic mass is 19.2. The molecule has 0 saturated heterocycles. The van der Waals surface area contributed by atoms with Crippen molar-refractivity contribution in [2.24, 2.45) is 0 Å². The molecule has 0 aliphatic carbocycles. The van der Waals surface area contributed by atoms with Crippen LogP contribution in [0.3, 0.4) is 0 Å². The van der Waals surface area contributed by atoms with E-state index in [-0.39, 0.29) is 11.5 Å². The van der Waals surface area contributed by atoms with Crippen LogP contribution in [0, 0.1) is 11.6 Å². The number of hydrogen-bond donors (Lipinski definition) is 1. The van der Waals surface area contributed by atoms with Crippen molar-refractivity contribution in [3.8, 4) is 11.3 Å². The number of rotatable bonds is 6. The predicted octanol–water partition coefficient (Wildman–Crippen LogP) is 2.64. The first-order valence-electron chi connectivity index (χ1n) is 7.29. The minimum atomic E-state index is -0.991. The molecule has 3 aromatic rings. The normalized spacial score (nSPS) is 10.8. The molecule has 0 spiro atoms. The summed E-state index contributed by atoms with van der Waals surface area (Å²) in [6, 6.07) is 4.72. The lowest BCUT2D eigenvalue weighted by molar-refractivity contribution is 0.0944. The zero-order valence-corrected chi connectivity index (χ0v) is 12.6. The summed E-state index contributed by atoms with van der Waals surface area (Å²) >= 11 is 0. The van der Waals surface area contributed by atoms with Crippen molar-refractivity contribution in [3.05, 3.63) is 60.3 Å². The summed E-state index contributed by atoms with van der Waals surface area (Å²) in [6.45, 7) is 1.20. The number of hydrogen-bond acceptors (Lipinski definition) is 4. The van der Waals surface area contributed by atoms with Crippen LogP contribution < -0.4 is 5.32 Å². The van der Waals surface area contributed by atoms with Crippen LogP contribution in [0.25, 0.3) is 11.3 Å². The van der Waals surface area contributed by atoms with Crippen molar-refractivity contribution in [2.45, 2.75) is 13.0 Å². The number of imidazole rings is 1. The Hall–Kier alpha value is -3.03. The van der Waals surface area contributed by atoms with Crippen molar-refractivity contribution in [1.82, 2.24) is 20.0 Å². The predicted molar refractivity (Wildman–Crippen MR) is 81.0 cm³/mol. The number of carbonyl (C=O) groups excluding carboxylic acids is 1. The molecule has 0 unspecified atom stereocenters. The molecule has 0 radical (unpaired) electrons. The number of nitrogens with one attached hydrogen (secondary N) is 1. The van der Waals surface area contributed by atoms with Crippen LogP contribution in [0.2, 0.25) is 0 Å². The van der Waals surface area contributed by atoms with Gasteiger partial charge in [0.2, 0.25) is 0 Å². The van der Waals surface area contributed by atoms with Crippen LogP contribution in [0.15, 0.2) is 47.5 Å². The summed E-state index contributed by atoms with van der Waals surface area (Å²) in [5, 5.41) is 6.37. The second kappa shape index (κ2) is 7.03. The summed E-state index contributed by atoms with van der Waals surface area (Å²) in [4.78, 5) is 15.9. The van der Waals surface area contributed by atoms with Gasteiger partial charge in [-0.15, -0.1) is 0 Å². The van der Waals surface area contributed by atoms with E-state index in [1.165, 1.54) is 12.1 Å². The van der Waals surface area contributed by atoms with Gasteiger partial charge in [-0.25, -0.2) is 13.8 Å². The number of carbonyl (C=O) groups is 1. The van der Waals surface area contributed by atoms with Gasteiger partial charge in [0.05, 0.1) is 6.33 Å². The summed E-state index contributed by atoms with van der Waals surface area (Å²) < 4.78 is 33.1. The van der Waals surface area contributed by atoms with Gasteiger partial charge in [0.15, 0.2) is 23.1 Å². The van der Waals surface area contributed by atoms with Gasteiger partial charge in [0.1, 0.15) is 0 Å². The van der Waals surface area contributed by atoms with Gasteiger partial charge >= 0.3 is 0 Å². The molecule has 0 aliphatic rings. The molecule has 6 nitrogen and oxygen atoms in total. The molecule has 2 aromatic heterocycles. The maximum atomic E-state index is 13.2. The number of nitrogens with zero attached hydrogens (tertiary/aromatic N) is 3. The molecule has 0 saturated carbocycles. The first-order chi connectivity index (χ1) is 11.6. The minimum Gasteiger partial charge on any atom is -0.355 e. The molecule has 2 heterocycles. The van der Waals surface area contributed by atoms with Crippen LogP contribution in [-0.2, 0) is 6.54 Å². The lowest BCUT2D eigenvalue weighted by Gasteiger charge is -2.03. The van der Waals surface area contributed by atoms with Gasteiger partial charge in [-0.1, -0.05) is 5.16 Å². The number of halogens is 2. The minimum absolute atomic E-state index is 0.0809. The van der Waals surface area contributed by atoms with E-state index in [1.807, 2.05) is 10.8 Å². The second-order valence-electron chi connectivity index (χ2n) is 5.12. The van der Waals surface area contributed by atoms with Gasteiger partial charge in [-0.05, 0) is 24.6 Å². The van der Waals surface area contributed by atoms with E-state index in [1.54, 1.807) is 12.5 Å². The zero-order chi connectivity index (χ0) is 16.9. The largest absolute Gasteiger partial charge is 0.355 e. The van der Waals surface area contributed by atoms with Crippen molar-refractivity contribution >= 4 is 5.91 Å². The molecule has 24 heavy (non-hydrogen) atoms. The number of aromatic nitrogens is 3. The summed E-state index contributed by atoms with van der Waals surface area (Å²) in [5.74, 6) is -2.14. The average Bonchev–Trinajstić information content (AvgIpc) is 3.25. The highest BCUT2D eigenvalue weighted by Crippen LogP contribution is 2.22. The summed E-state index contributed by atoms with van der Waals surface area (Å²) in [7, 11) is 0. The van der Waals surface area contributed by atoms with E-state index in [4.69, 9.17) is 4.52 Å². The van der Waals surface area contributed by atoms with E-state index >= 15 is 0 Å². The maximum absolute atomic E-state index is 13.2. The molecule has 124 valence electrons. The molecule has 0 aliphatic heterocycles. The van der Waals surface area contributed by atoms with Crippen molar-refractivity contribution in [1.29, 1.82) is 0 Å². The third-order valence-corrected chi connectivity index (χ3v) is 3.38. The monoisotopic (exact) mass is 332 g/mol. The molecule has 0 atom stereocenters. The van der Waals surface area contributed by atoms with E-state index in [2.05, 4.69) is 15.5 Å². The second-order valence-corrected chi connectivity index (χ2v) is 5.12. The van der Waals surface area contributed by atoms with Crippen LogP contribution in [-0.4, -0.2) is 27.2 Å². The number of benzene rings is 1. The van der Waals surface area contributed by atoms with E-state index in [0.717, 1.165) is 25.1 Å². The number of aryl methyl sites for hydroxylation is 1. The third kappa shape index (κ3) is 3.65. The fourth-order valence-corrected chi connectivity index (χ4v) is 2.14. The maximum Gasteiger partial charge on any atom is 0.273 e. The molecule has 1 N–H and O–H groups in total. The third-order valence-electron chi connectivity index (χ3n) is 3.38. The van der Waals surface area contributed by atoms with Crippen molar-refractivity contribution < 1.29 is 18.1 Å². The topological polar surface area (TPSA) is 73.0 Å². The van der Waals surface area contributed by atoms with Gasteiger partial charge in [0.25, 0.3) is 5.91 Å². The highest BCUT2D eigenvalue weighted by molar-refractivity contribution is 5.93. The highest BCUT2D eigenvalue weighted by Gasteiger charge is 2.14. The van der Waals surface area contributed by atoms with Crippen LogP contribution in [0.5, 0.6) is 0 Å². The molecule has 1 aromatic carbocycles. The van der Waals surface area contributed by atoms with E-state index in [0.29, 0.717) is 12.1 Å². The molecule has 0 fully saturated rings. The Morgan fingerprint density at radius 2 is 2.12 bits per heavy atom. The van der Waals surface area contributed by atoms with Gasteiger partial charge in [-0.2, -0.15) is 0 Å². The van der Waals surface area contributed by atoms with Crippen LogP contribution in [0.4, 0.5) is 8.78 Å². The summed E-state index contributed by atoms with van der Waals surface area (Å²) in [6.07, 6.45) is 5.96. The molecular weight excluding hydrogens is 318 g/mol. The Kier molecular flexibility index (Phi) is 4.64. The Morgan fingerprint density at radius 3 is 2.88 bits per heavy atom.